The van der Waals surface area contributed by atoms with Crippen LogP contribution in [0.3, 0.4) is 0 Å². The molecule has 0 aliphatic carbocycles. The highest BCUT2D eigenvalue weighted by atomic mass is 127. The van der Waals surface area contributed by atoms with Crippen LogP contribution < -0.4 is 19.9 Å². The molecule has 10 heteroatoms. The second-order valence-electron chi connectivity index (χ2n) is 7.66. The van der Waals surface area contributed by atoms with E-state index in [4.69, 9.17) is 24.7 Å². The topological polar surface area (TPSA) is 98.9 Å². The number of methoxy groups -OCH3 is 3. The lowest BCUT2D eigenvalue weighted by Crippen LogP contribution is -2.53. The van der Waals surface area contributed by atoms with Crippen molar-refractivity contribution in [3.05, 3.63) is 17.7 Å². The predicted molar refractivity (Wildman–Crippen MR) is 126 cm³/mol. The van der Waals surface area contributed by atoms with Crippen LogP contribution in [0.2, 0.25) is 0 Å². The number of nitrogens with two attached hydrogens (primary N) is 1. The molecule has 1 aromatic rings. The van der Waals surface area contributed by atoms with Crippen LogP contribution in [0.4, 0.5) is 4.79 Å². The number of amides is 1. The summed E-state index contributed by atoms with van der Waals surface area (Å²) in [5.74, 6) is 2.11. The number of benzene rings is 1. The molecule has 9 nitrogen and oxygen atoms in total. The Morgan fingerprint density at radius 1 is 1.00 bits per heavy atom. The van der Waals surface area contributed by atoms with Crippen molar-refractivity contribution in [1.82, 2.24) is 9.80 Å². The zero-order valence-electron chi connectivity index (χ0n) is 18.6. The van der Waals surface area contributed by atoms with Gasteiger partial charge in [0, 0.05) is 26.2 Å². The Balaban J connectivity index is 0.00000450. The zero-order chi connectivity index (χ0) is 21.6. The SMILES string of the molecule is COc1cc(CN=C(N)N2CCN(C(=O)OC(C)(C)C)CC2)cc(OC)c1OC.I. The highest BCUT2D eigenvalue weighted by molar-refractivity contribution is 14.0. The summed E-state index contributed by atoms with van der Waals surface area (Å²) >= 11 is 0. The first-order valence-corrected chi connectivity index (χ1v) is 9.50. The van der Waals surface area contributed by atoms with Crippen LogP contribution in [-0.4, -0.2) is 75.0 Å². The summed E-state index contributed by atoms with van der Waals surface area (Å²) in [5.41, 5.74) is 6.55. The maximum absolute atomic E-state index is 12.2. The molecule has 0 spiro atoms. The maximum atomic E-state index is 12.2. The molecule has 2 rings (SSSR count). The average Bonchev–Trinajstić information content (AvgIpc) is 2.69. The van der Waals surface area contributed by atoms with E-state index < -0.39 is 5.60 Å². The van der Waals surface area contributed by atoms with Crippen LogP contribution >= 0.6 is 24.0 Å². The first-order valence-electron chi connectivity index (χ1n) is 9.50. The number of aliphatic imine (C=N–C) groups is 1. The molecule has 0 bridgehead atoms. The van der Waals surface area contributed by atoms with E-state index in [0.29, 0.717) is 55.9 Å². The summed E-state index contributed by atoms with van der Waals surface area (Å²) in [6, 6.07) is 3.69. The number of hydrogen-bond acceptors (Lipinski definition) is 6. The molecule has 1 heterocycles. The molecule has 1 aromatic carbocycles. The number of guanidine groups is 1. The van der Waals surface area contributed by atoms with Crippen LogP contribution in [0.1, 0.15) is 26.3 Å². The highest BCUT2D eigenvalue weighted by Gasteiger charge is 2.26. The van der Waals surface area contributed by atoms with Gasteiger partial charge in [-0.05, 0) is 38.5 Å². The zero-order valence-corrected chi connectivity index (χ0v) is 20.9. The molecule has 1 amide bonds. The normalized spacial score (nSPS) is 14.7. The molecule has 0 unspecified atom stereocenters. The van der Waals surface area contributed by atoms with Gasteiger partial charge in [0.05, 0.1) is 27.9 Å². The van der Waals surface area contributed by atoms with Crippen LogP contribution in [0.5, 0.6) is 17.2 Å². The summed E-state index contributed by atoms with van der Waals surface area (Å²) in [6.07, 6.45) is -0.301. The van der Waals surface area contributed by atoms with Crippen LogP contribution in [0, 0.1) is 0 Å². The second kappa shape index (κ2) is 11.3. The molecular weight excluding hydrogens is 503 g/mol. The van der Waals surface area contributed by atoms with E-state index in [2.05, 4.69) is 4.99 Å². The van der Waals surface area contributed by atoms with Crippen molar-refractivity contribution in [1.29, 1.82) is 0 Å². The molecule has 0 radical (unpaired) electrons. The molecule has 1 aliphatic rings. The van der Waals surface area contributed by atoms with Crippen molar-refractivity contribution in [2.75, 3.05) is 47.5 Å². The molecule has 1 saturated heterocycles. The smallest absolute Gasteiger partial charge is 0.410 e. The fourth-order valence-corrected chi connectivity index (χ4v) is 2.94. The predicted octanol–water partition coefficient (Wildman–Crippen LogP) is 2.70. The van der Waals surface area contributed by atoms with Crippen molar-refractivity contribution >= 4 is 36.0 Å². The quantitative estimate of drug-likeness (QED) is 0.351. The second-order valence-corrected chi connectivity index (χ2v) is 7.66. The Morgan fingerprint density at radius 2 is 1.50 bits per heavy atom. The lowest BCUT2D eigenvalue weighted by Gasteiger charge is -2.36. The number of carbonyl (C=O) groups excluding carboxylic acids is 1. The van der Waals surface area contributed by atoms with E-state index in [0.717, 1.165) is 5.56 Å². The number of hydrogen-bond donors (Lipinski definition) is 1. The summed E-state index contributed by atoms with van der Waals surface area (Å²) in [7, 11) is 4.71. The van der Waals surface area contributed by atoms with Gasteiger partial charge in [0.2, 0.25) is 5.75 Å². The minimum atomic E-state index is -0.505. The molecule has 170 valence electrons. The summed E-state index contributed by atoms with van der Waals surface area (Å²) in [6.45, 7) is 8.21. The van der Waals surface area contributed by atoms with Gasteiger partial charge in [0.1, 0.15) is 5.60 Å². The molecule has 30 heavy (non-hydrogen) atoms. The van der Waals surface area contributed by atoms with Gasteiger partial charge in [-0.15, -0.1) is 24.0 Å². The standard InChI is InChI=1S/C20H32N4O5.HI/c1-20(2,3)29-19(25)24-9-7-23(8-10-24)18(21)22-13-14-11-15(26-4)17(28-6)16(12-14)27-5;/h11-12H,7-10,13H2,1-6H3,(H2,21,22);1H. The van der Waals surface area contributed by atoms with E-state index in [1.165, 1.54) is 0 Å². The first-order chi connectivity index (χ1) is 13.7. The van der Waals surface area contributed by atoms with Gasteiger partial charge in [-0.1, -0.05) is 0 Å². The molecule has 1 aliphatic heterocycles. The number of halogens is 1. The summed E-state index contributed by atoms with van der Waals surface area (Å²) in [4.78, 5) is 20.3. The van der Waals surface area contributed by atoms with Gasteiger partial charge in [-0.2, -0.15) is 0 Å². The molecule has 1 fully saturated rings. The third-order valence-corrected chi connectivity index (χ3v) is 4.40. The van der Waals surface area contributed by atoms with Crippen LogP contribution in [0.25, 0.3) is 0 Å². The minimum absolute atomic E-state index is 0. The van der Waals surface area contributed by atoms with Gasteiger partial charge in [0.25, 0.3) is 0 Å². The maximum Gasteiger partial charge on any atom is 0.410 e. The Morgan fingerprint density at radius 3 is 1.93 bits per heavy atom. The Bertz CT molecular complexity index is 718. The highest BCUT2D eigenvalue weighted by Crippen LogP contribution is 2.38. The lowest BCUT2D eigenvalue weighted by molar-refractivity contribution is 0.0186. The average molecular weight is 536 g/mol. The van der Waals surface area contributed by atoms with Crippen molar-refractivity contribution in [2.24, 2.45) is 10.7 Å². The number of nitrogens with zero attached hydrogens (tertiary/aromatic N) is 3. The Hall–Kier alpha value is -2.11. The van der Waals surface area contributed by atoms with Crippen molar-refractivity contribution in [3.8, 4) is 17.2 Å². The molecule has 0 aromatic heterocycles. The molecule has 0 saturated carbocycles. The van der Waals surface area contributed by atoms with Gasteiger partial charge >= 0.3 is 6.09 Å². The van der Waals surface area contributed by atoms with E-state index in [1.54, 1.807) is 26.2 Å². The number of ether oxygens (including phenoxy) is 4. The van der Waals surface area contributed by atoms with Gasteiger partial charge in [-0.25, -0.2) is 9.79 Å². The van der Waals surface area contributed by atoms with Crippen LogP contribution in [-0.2, 0) is 11.3 Å². The minimum Gasteiger partial charge on any atom is -0.493 e. The Kier molecular flexibility index (Phi) is 9.79. The molecular formula is C20H33IN4O5. The fraction of sp³-hybridized carbons (Fsp3) is 0.600. The van der Waals surface area contributed by atoms with Crippen molar-refractivity contribution < 1.29 is 23.7 Å². The Labute approximate surface area is 195 Å². The number of rotatable bonds is 5. The molecule has 0 atom stereocenters. The first kappa shape index (κ1) is 25.9. The number of piperazine rings is 1. The number of carbonyl (C=O) groups is 1. The summed E-state index contributed by atoms with van der Waals surface area (Å²) in [5, 5.41) is 0. The van der Waals surface area contributed by atoms with E-state index >= 15 is 0 Å². The van der Waals surface area contributed by atoms with Gasteiger partial charge in [0.15, 0.2) is 17.5 Å². The van der Waals surface area contributed by atoms with E-state index in [1.807, 2.05) is 37.8 Å². The van der Waals surface area contributed by atoms with E-state index in [9.17, 15) is 4.79 Å². The molecule has 2 N–H and O–H groups in total. The third-order valence-electron chi connectivity index (χ3n) is 4.40. The van der Waals surface area contributed by atoms with Crippen molar-refractivity contribution in [2.45, 2.75) is 32.9 Å². The van der Waals surface area contributed by atoms with E-state index in [-0.39, 0.29) is 30.1 Å². The lowest BCUT2D eigenvalue weighted by atomic mass is 10.2. The summed E-state index contributed by atoms with van der Waals surface area (Å²) < 4.78 is 21.5. The monoisotopic (exact) mass is 536 g/mol. The van der Waals surface area contributed by atoms with Gasteiger partial charge < -0.3 is 34.5 Å². The third kappa shape index (κ3) is 6.99. The van der Waals surface area contributed by atoms with Crippen molar-refractivity contribution in [3.63, 3.8) is 0 Å². The largest absolute Gasteiger partial charge is 0.493 e. The van der Waals surface area contributed by atoms with Crippen LogP contribution in [0.15, 0.2) is 17.1 Å². The van der Waals surface area contributed by atoms with Gasteiger partial charge in [-0.3, -0.25) is 0 Å². The fourth-order valence-electron chi connectivity index (χ4n) is 2.94.